The average Bonchev–Trinajstić information content (AvgIpc) is 3.16. The van der Waals surface area contributed by atoms with E-state index in [9.17, 15) is 4.79 Å². The Morgan fingerprint density at radius 2 is 1.92 bits per heavy atom. The summed E-state index contributed by atoms with van der Waals surface area (Å²) < 4.78 is 0. The van der Waals surface area contributed by atoms with E-state index in [1.54, 1.807) is 0 Å². The van der Waals surface area contributed by atoms with E-state index < -0.39 is 0 Å². The number of hydrogen-bond donors (Lipinski definition) is 2. The highest BCUT2D eigenvalue weighted by Crippen LogP contribution is 2.26. The average molecular weight is 359 g/mol. The Bertz CT molecular complexity index is 577. The smallest absolute Gasteiger partial charge is 0.319 e. The number of rotatable bonds is 6. The van der Waals surface area contributed by atoms with Crippen LogP contribution < -0.4 is 15.5 Å². The van der Waals surface area contributed by atoms with Crippen molar-refractivity contribution in [2.75, 3.05) is 43.4 Å². The van der Waals surface area contributed by atoms with E-state index in [0.717, 1.165) is 49.8 Å². The summed E-state index contributed by atoms with van der Waals surface area (Å²) in [6.07, 6.45) is 7.76. The summed E-state index contributed by atoms with van der Waals surface area (Å²) in [7, 11) is 2.05. The van der Waals surface area contributed by atoms with Gasteiger partial charge in [0.1, 0.15) is 0 Å². The summed E-state index contributed by atoms with van der Waals surface area (Å²) in [6.45, 7) is 6.54. The molecule has 0 unspecified atom stereocenters. The normalized spacial score (nSPS) is 19.5. The minimum atomic E-state index is -0.0875. The van der Waals surface area contributed by atoms with E-state index in [2.05, 4.69) is 40.5 Å². The quantitative estimate of drug-likeness (QED) is 0.810. The summed E-state index contributed by atoms with van der Waals surface area (Å²) in [5.41, 5.74) is 1.96. The number of carbonyl (C=O) groups is 1. The van der Waals surface area contributed by atoms with Crippen molar-refractivity contribution >= 4 is 17.4 Å². The van der Waals surface area contributed by atoms with Crippen LogP contribution in [0.15, 0.2) is 24.3 Å². The van der Waals surface area contributed by atoms with Crippen molar-refractivity contribution in [1.82, 2.24) is 10.2 Å². The number of piperidine rings is 1. The lowest BCUT2D eigenvalue weighted by Gasteiger charge is -2.33. The topological polar surface area (TPSA) is 47.6 Å². The van der Waals surface area contributed by atoms with Crippen molar-refractivity contribution < 1.29 is 4.79 Å². The van der Waals surface area contributed by atoms with Crippen molar-refractivity contribution in [1.29, 1.82) is 0 Å². The van der Waals surface area contributed by atoms with Crippen LogP contribution in [0.4, 0.5) is 16.2 Å². The molecule has 0 aromatic heterocycles. The number of nitrogens with one attached hydrogen (secondary N) is 2. The molecule has 2 amide bonds. The third-order valence-electron chi connectivity index (χ3n) is 5.93. The Kier molecular flexibility index (Phi) is 6.78. The van der Waals surface area contributed by atoms with Crippen LogP contribution in [0.3, 0.4) is 0 Å². The Morgan fingerprint density at radius 3 is 2.62 bits per heavy atom. The summed E-state index contributed by atoms with van der Waals surface area (Å²) >= 11 is 0. The van der Waals surface area contributed by atoms with Crippen molar-refractivity contribution in [3.8, 4) is 0 Å². The van der Waals surface area contributed by atoms with Crippen LogP contribution >= 0.6 is 0 Å². The highest BCUT2D eigenvalue weighted by Gasteiger charge is 2.24. The van der Waals surface area contributed by atoms with Crippen LogP contribution in [-0.2, 0) is 0 Å². The molecule has 0 atom stereocenters. The number of anilines is 2. The lowest BCUT2D eigenvalue weighted by atomic mass is 10.0. The van der Waals surface area contributed by atoms with E-state index in [4.69, 9.17) is 0 Å². The van der Waals surface area contributed by atoms with Crippen LogP contribution in [0, 0.1) is 5.92 Å². The molecular weight excluding hydrogens is 324 g/mol. The summed E-state index contributed by atoms with van der Waals surface area (Å²) in [5, 5.41) is 6.14. The number of amides is 2. The fraction of sp³-hybridized carbons (Fsp3) is 0.667. The third kappa shape index (κ3) is 5.37. The van der Waals surface area contributed by atoms with Crippen molar-refractivity contribution in [3.63, 3.8) is 0 Å². The first-order chi connectivity index (χ1) is 12.6. The molecule has 2 fully saturated rings. The molecule has 3 rings (SSSR count). The van der Waals surface area contributed by atoms with Crippen molar-refractivity contribution in [2.45, 2.75) is 51.5 Å². The molecule has 2 N–H and O–H groups in total. The summed E-state index contributed by atoms with van der Waals surface area (Å²) in [4.78, 5) is 17.1. The van der Waals surface area contributed by atoms with Gasteiger partial charge in [-0.05, 0) is 56.7 Å². The Hall–Kier alpha value is -1.75. The second-order valence-electron chi connectivity index (χ2n) is 7.89. The Balaban J connectivity index is 1.41. The van der Waals surface area contributed by atoms with Crippen LogP contribution in [0.2, 0.25) is 0 Å². The van der Waals surface area contributed by atoms with Gasteiger partial charge in [-0.15, -0.1) is 0 Å². The molecule has 0 bridgehead atoms. The molecular formula is C21H34N4O. The van der Waals surface area contributed by atoms with Crippen molar-refractivity contribution in [2.24, 2.45) is 5.92 Å². The van der Waals surface area contributed by atoms with Gasteiger partial charge in [0.2, 0.25) is 0 Å². The fourth-order valence-electron chi connectivity index (χ4n) is 4.17. The Morgan fingerprint density at radius 1 is 1.19 bits per heavy atom. The molecule has 0 spiro atoms. The second kappa shape index (κ2) is 9.26. The molecule has 2 aliphatic rings. The van der Waals surface area contributed by atoms with Crippen LogP contribution in [0.25, 0.3) is 0 Å². The highest BCUT2D eigenvalue weighted by molar-refractivity contribution is 5.90. The van der Waals surface area contributed by atoms with Gasteiger partial charge >= 0.3 is 6.03 Å². The molecule has 1 aliphatic heterocycles. The largest absolute Gasteiger partial charge is 0.375 e. The van der Waals surface area contributed by atoms with E-state index in [-0.39, 0.29) is 12.1 Å². The van der Waals surface area contributed by atoms with E-state index >= 15 is 0 Å². The molecule has 5 nitrogen and oxygen atoms in total. The van der Waals surface area contributed by atoms with Crippen LogP contribution in [-0.4, -0.2) is 50.2 Å². The number of benzene rings is 1. The molecule has 1 heterocycles. The predicted octanol–water partition coefficient (Wildman–Crippen LogP) is 3.92. The van der Waals surface area contributed by atoms with Gasteiger partial charge in [-0.2, -0.15) is 0 Å². The highest BCUT2D eigenvalue weighted by atomic mass is 16.2. The van der Waals surface area contributed by atoms with Gasteiger partial charge in [0, 0.05) is 50.6 Å². The van der Waals surface area contributed by atoms with Gasteiger partial charge < -0.3 is 20.4 Å². The molecule has 1 saturated carbocycles. The summed E-state index contributed by atoms with van der Waals surface area (Å²) in [6, 6.07) is 8.21. The first kappa shape index (κ1) is 19.0. The zero-order chi connectivity index (χ0) is 18.4. The van der Waals surface area contributed by atoms with Gasteiger partial charge in [-0.1, -0.05) is 18.9 Å². The Labute approximate surface area is 158 Å². The molecule has 1 saturated heterocycles. The van der Waals surface area contributed by atoms with Gasteiger partial charge in [0.25, 0.3) is 0 Å². The molecule has 26 heavy (non-hydrogen) atoms. The molecule has 1 aromatic carbocycles. The fourth-order valence-corrected chi connectivity index (χ4v) is 4.17. The number of hydrogen-bond acceptors (Lipinski definition) is 3. The number of carbonyl (C=O) groups excluding carboxylic acids is 1. The van der Waals surface area contributed by atoms with Crippen LogP contribution in [0.1, 0.15) is 45.4 Å². The number of urea groups is 1. The first-order valence-corrected chi connectivity index (χ1v) is 10.2. The summed E-state index contributed by atoms with van der Waals surface area (Å²) in [5.74, 6) is 0.913. The number of nitrogens with zero attached hydrogens (tertiary/aromatic N) is 2. The lowest BCUT2D eigenvalue weighted by Crippen LogP contribution is -2.46. The molecule has 1 aliphatic carbocycles. The molecule has 0 radical (unpaired) electrons. The first-order valence-electron chi connectivity index (χ1n) is 10.2. The third-order valence-corrected chi connectivity index (χ3v) is 5.93. The van der Waals surface area contributed by atoms with E-state index in [1.807, 2.05) is 18.2 Å². The lowest BCUT2D eigenvalue weighted by molar-refractivity contribution is 0.173. The maximum atomic E-state index is 12.3. The molecule has 144 valence electrons. The van der Waals surface area contributed by atoms with E-state index in [0.29, 0.717) is 0 Å². The van der Waals surface area contributed by atoms with Crippen LogP contribution in [0.5, 0.6) is 0 Å². The van der Waals surface area contributed by atoms with Gasteiger partial charge in [-0.3, -0.25) is 0 Å². The van der Waals surface area contributed by atoms with Gasteiger partial charge in [-0.25, -0.2) is 4.79 Å². The zero-order valence-electron chi connectivity index (χ0n) is 16.3. The minimum Gasteiger partial charge on any atom is -0.375 e. The number of likely N-dealkylation sites (tertiary alicyclic amines) is 1. The molecule has 5 heteroatoms. The predicted molar refractivity (Wildman–Crippen MR) is 109 cm³/mol. The van der Waals surface area contributed by atoms with Gasteiger partial charge in [0.05, 0.1) is 0 Å². The zero-order valence-corrected chi connectivity index (χ0v) is 16.3. The monoisotopic (exact) mass is 358 g/mol. The standard InChI is InChI=1S/C21H34N4O/c1-3-24(2)20-10-6-9-19(15-20)23-21(26)22-18-11-13-25(14-12-18)16-17-7-4-5-8-17/h6,9-10,15,17-18H,3-5,7-8,11-14,16H2,1-2H3,(H2,22,23,26). The maximum Gasteiger partial charge on any atom is 0.319 e. The minimum absolute atomic E-state index is 0.0875. The van der Waals surface area contributed by atoms with E-state index in [1.165, 1.54) is 32.2 Å². The SMILES string of the molecule is CCN(C)c1cccc(NC(=O)NC2CCN(CC3CCCC3)CC2)c1. The van der Waals surface area contributed by atoms with Crippen molar-refractivity contribution in [3.05, 3.63) is 24.3 Å². The molecule has 1 aromatic rings. The maximum absolute atomic E-state index is 12.3. The second-order valence-corrected chi connectivity index (χ2v) is 7.89. The van der Waals surface area contributed by atoms with Gasteiger partial charge in [0.15, 0.2) is 0 Å².